The Morgan fingerprint density at radius 2 is 1.71 bits per heavy atom. The number of hydrogen-bond acceptors (Lipinski definition) is 4. The maximum absolute atomic E-state index is 12.0. The third kappa shape index (κ3) is 7.14. The average molecular weight is 301 g/mol. The fraction of sp³-hybridized carbons (Fsp3) is 0.938. The van der Waals surface area contributed by atoms with Gasteiger partial charge in [-0.05, 0) is 60.8 Å². The first kappa shape index (κ1) is 18.2. The van der Waals surface area contributed by atoms with Gasteiger partial charge in [-0.3, -0.25) is 0 Å². The zero-order chi connectivity index (χ0) is 16.3. The number of carbonyl (C=O) groups is 1. The predicted molar refractivity (Wildman–Crippen MR) is 82.3 cm³/mol. The van der Waals surface area contributed by atoms with Crippen LogP contribution in [-0.4, -0.2) is 52.6 Å². The summed E-state index contributed by atoms with van der Waals surface area (Å²) in [7, 11) is 0. The van der Waals surface area contributed by atoms with Gasteiger partial charge >= 0.3 is 6.09 Å². The zero-order valence-electron chi connectivity index (χ0n) is 14.4. The van der Waals surface area contributed by atoms with Crippen LogP contribution in [0.5, 0.6) is 0 Å². The SMILES string of the molecule is CC(C)(O)CCOC1(C)CCN(C(=O)OC(C)(C)C)CC1. The van der Waals surface area contributed by atoms with Crippen LogP contribution in [0.3, 0.4) is 0 Å². The second kappa shape index (κ2) is 6.53. The minimum atomic E-state index is -0.701. The number of rotatable bonds is 4. The molecule has 5 nitrogen and oxygen atoms in total. The van der Waals surface area contributed by atoms with E-state index < -0.39 is 11.2 Å². The van der Waals surface area contributed by atoms with E-state index in [-0.39, 0.29) is 11.7 Å². The van der Waals surface area contributed by atoms with E-state index in [0.29, 0.717) is 26.1 Å². The number of aliphatic hydroxyl groups is 1. The van der Waals surface area contributed by atoms with E-state index in [1.807, 2.05) is 20.8 Å². The molecule has 1 saturated heterocycles. The second-order valence-corrected chi connectivity index (χ2v) is 7.83. The van der Waals surface area contributed by atoms with Crippen LogP contribution in [0.4, 0.5) is 4.79 Å². The first-order valence-corrected chi connectivity index (χ1v) is 7.75. The summed E-state index contributed by atoms with van der Waals surface area (Å²) in [6.07, 6.45) is 1.94. The number of likely N-dealkylation sites (tertiary alicyclic amines) is 1. The molecule has 21 heavy (non-hydrogen) atoms. The lowest BCUT2D eigenvalue weighted by molar-refractivity contribution is -0.0864. The van der Waals surface area contributed by atoms with E-state index in [9.17, 15) is 9.90 Å². The third-order valence-electron chi connectivity index (χ3n) is 3.64. The molecular weight excluding hydrogens is 270 g/mol. The van der Waals surface area contributed by atoms with Crippen LogP contribution in [0.1, 0.15) is 60.8 Å². The van der Waals surface area contributed by atoms with Crippen molar-refractivity contribution in [1.29, 1.82) is 0 Å². The quantitative estimate of drug-likeness (QED) is 0.867. The molecule has 1 amide bonds. The van der Waals surface area contributed by atoms with Crippen LogP contribution >= 0.6 is 0 Å². The molecule has 0 aromatic carbocycles. The highest BCUT2D eigenvalue weighted by molar-refractivity contribution is 5.68. The van der Waals surface area contributed by atoms with Gasteiger partial charge in [0.2, 0.25) is 0 Å². The fourth-order valence-electron chi connectivity index (χ4n) is 2.18. The van der Waals surface area contributed by atoms with Crippen molar-refractivity contribution in [3.05, 3.63) is 0 Å². The summed E-state index contributed by atoms with van der Waals surface area (Å²) >= 11 is 0. The fourth-order valence-corrected chi connectivity index (χ4v) is 2.18. The topological polar surface area (TPSA) is 59.0 Å². The van der Waals surface area contributed by atoms with Gasteiger partial charge in [0, 0.05) is 13.1 Å². The highest BCUT2D eigenvalue weighted by Gasteiger charge is 2.34. The van der Waals surface area contributed by atoms with Crippen LogP contribution < -0.4 is 0 Å². The Labute approximate surface area is 128 Å². The summed E-state index contributed by atoms with van der Waals surface area (Å²) < 4.78 is 11.3. The molecule has 5 heteroatoms. The van der Waals surface area contributed by atoms with Crippen molar-refractivity contribution in [2.24, 2.45) is 0 Å². The summed E-state index contributed by atoms with van der Waals surface area (Å²) in [5.74, 6) is 0. The Morgan fingerprint density at radius 1 is 1.19 bits per heavy atom. The largest absolute Gasteiger partial charge is 0.444 e. The molecule has 0 aromatic rings. The van der Waals surface area contributed by atoms with Crippen molar-refractivity contribution in [3.8, 4) is 0 Å². The zero-order valence-corrected chi connectivity index (χ0v) is 14.4. The monoisotopic (exact) mass is 301 g/mol. The van der Waals surface area contributed by atoms with Crippen molar-refractivity contribution in [3.63, 3.8) is 0 Å². The second-order valence-electron chi connectivity index (χ2n) is 7.83. The first-order chi connectivity index (χ1) is 9.40. The molecule has 124 valence electrons. The molecule has 1 rings (SSSR count). The summed E-state index contributed by atoms with van der Waals surface area (Å²) in [4.78, 5) is 13.7. The number of hydrogen-bond donors (Lipinski definition) is 1. The highest BCUT2D eigenvalue weighted by Crippen LogP contribution is 2.27. The molecule has 0 saturated carbocycles. The molecule has 0 aromatic heterocycles. The van der Waals surface area contributed by atoms with Crippen molar-refractivity contribution >= 4 is 6.09 Å². The van der Waals surface area contributed by atoms with E-state index in [1.165, 1.54) is 0 Å². The van der Waals surface area contributed by atoms with Crippen LogP contribution in [0.15, 0.2) is 0 Å². The summed E-state index contributed by atoms with van der Waals surface area (Å²) in [6.45, 7) is 13.1. The van der Waals surface area contributed by atoms with E-state index in [0.717, 1.165) is 12.8 Å². The van der Waals surface area contributed by atoms with Gasteiger partial charge in [-0.2, -0.15) is 0 Å². The molecular formula is C16H31NO4. The minimum Gasteiger partial charge on any atom is -0.444 e. The average Bonchev–Trinajstić information content (AvgIpc) is 2.25. The molecule has 0 aliphatic carbocycles. The Hall–Kier alpha value is -0.810. The predicted octanol–water partition coefficient (Wildman–Crippen LogP) is 2.95. The van der Waals surface area contributed by atoms with Crippen LogP contribution in [-0.2, 0) is 9.47 Å². The van der Waals surface area contributed by atoms with Crippen molar-refractivity contribution in [1.82, 2.24) is 4.90 Å². The highest BCUT2D eigenvalue weighted by atomic mass is 16.6. The van der Waals surface area contributed by atoms with Gasteiger partial charge in [0.15, 0.2) is 0 Å². The van der Waals surface area contributed by atoms with Crippen molar-refractivity contribution < 1.29 is 19.4 Å². The number of amides is 1. The Bertz CT molecular complexity index is 346. The molecule has 1 heterocycles. The van der Waals surface area contributed by atoms with E-state index in [4.69, 9.17) is 9.47 Å². The van der Waals surface area contributed by atoms with Crippen molar-refractivity contribution in [2.75, 3.05) is 19.7 Å². The summed E-state index contributed by atoms with van der Waals surface area (Å²) in [5, 5.41) is 9.70. The van der Waals surface area contributed by atoms with Gasteiger partial charge in [-0.15, -0.1) is 0 Å². The Balaban J connectivity index is 2.38. The number of piperidine rings is 1. The number of carbonyl (C=O) groups excluding carboxylic acids is 1. The van der Waals surface area contributed by atoms with Gasteiger partial charge < -0.3 is 19.5 Å². The van der Waals surface area contributed by atoms with Gasteiger partial charge in [0.25, 0.3) is 0 Å². The lowest BCUT2D eigenvalue weighted by atomic mass is 9.93. The van der Waals surface area contributed by atoms with Gasteiger partial charge in [-0.1, -0.05) is 0 Å². The maximum Gasteiger partial charge on any atom is 0.410 e. The van der Waals surface area contributed by atoms with E-state index in [2.05, 4.69) is 6.92 Å². The van der Waals surface area contributed by atoms with Gasteiger partial charge in [0.1, 0.15) is 5.60 Å². The van der Waals surface area contributed by atoms with Crippen molar-refractivity contribution in [2.45, 2.75) is 77.6 Å². The molecule has 0 spiro atoms. The van der Waals surface area contributed by atoms with Crippen LogP contribution in [0.2, 0.25) is 0 Å². The lowest BCUT2D eigenvalue weighted by Gasteiger charge is -2.40. The molecule has 1 aliphatic heterocycles. The van der Waals surface area contributed by atoms with E-state index >= 15 is 0 Å². The molecule has 0 unspecified atom stereocenters. The maximum atomic E-state index is 12.0. The number of ether oxygens (including phenoxy) is 2. The normalized spacial score (nSPS) is 19.5. The molecule has 0 radical (unpaired) electrons. The Morgan fingerprint density at radius 3 is 2.14 bits per heavy atom. The van der Waals surface area contributed by atoms with Gasteiger partial charge in [-0.25, -0.2) is 4.79 Å². The molecule has 1 aliphatic rings. The summed E-state index contributed by atoms with van der Waals surface area (Å²) in [6, 6.07) is 0. The van der Waals surface area contributed by atoms with Crippen LogP contribution in [0.25, 0.3) is 0 Å². The third-order valence-corrected chi connectivity index (χ3v) is 3.64. The van der Waals surface area contributed by atoms with E-state index in [1.54, 1.807) is 18.7 Å². The van der Waals surface area contributed by atoms with Crippen LogP contribution in [0, 0.1) is 0 Å². The Kier molecular flexibility index (Phi) is 5.67. The molecule has 1 fully saturated rings. The molecule has 0 bridgehead atoms. The van der Waals surface area contributed by atoms with Gasteiger partial charge in [0.05, 0.1) is 17.8 Å². The standard InChI is InChI=1S/C16H31NO4/c1-14(2,3)21-13(18)17-10-7-16(6,8-11-17)20-12-9-15(4,5)19/h19H,7-12H2,1-6H3. The smallest absolute Gasteiger partial charge is 0.410 e. The summed E-state index contributed by atoms with van der Waals surface area (Å²) in [5.41, 5.74) is -1.38. The first-order valence-electron chi connectivity index (χ1n) is 7.75. The molecule has 1 N–H and O–H groups in total. The molecule has 0 atom stereocenters. The number of nitrogens with zero attached hydrogens (tertiary/aromatic N) is 1. The minimum absolute atomic E-state index is 0.218. The lowest BCUT2D eigenvalue weighted by Crippen LogP contribution is -2.48.